The number of Topliss-reactive ketones (excluding diaryl/α,β-unsaturated/α-hetero) is 1. The molecule has 0 spiro atoms. The molecule has 2 aromatic carbocycles. The zero-order chi connectivity index (χ0) is 25.0. The van der Waals surface area contributed by atoms with E-state index in [9.17, 15) is 19.5 Å². The molecule has 6 heteroatoms. The largest absolute Gasteiger partial charge is 0.390 e. The highest BCUT2D eigenvalue weighted by Crippen LogP contribution is 2.46. The van der Waals surface area contributed by atoms with Crippen molar-refractivity contribution in [1.29, 1.82) is 0 Å². The molecule has 3 N–H and O–H groups in total. The van der Waals surface area contributed by atoms with Gasteiger partial charge in [0.25, 0.3) is 5.91 Å². The van der Waals surface area contributed by atoms with Gasteiger partial charge in [0, 0.05) is 5.56 Å². The number of carbonyl (C=O) groups excluding carboxylic acids is 3. The standard InChI is InChI=1S/C28H36N2O4/c1-16(2)15-21(29-27(33)20-14-10-9-11-18(20)5)28(34)30-24(17(3)4)26(32)23-22(25(23)31)19-12-7-6-8-13-19/h6-14,16-17,21-24,26,32H,15H2,1-5H3,(H,29,33)(H,30,34)/t21-,22?,23?,24-,26-/m0/s1. The van der Waals surface area contributed by atoms with Gasteiger partial charge in [-0.3, -0.25) is 14.4 Å². The number of aryl methyl sites for hydroxylation is 1. The lowest BCUT2D eigenvalue weighted by molar-refractivity contribution is -0.126. The quantitative estimate of drug-likeness (QED) is 0.500. The first-order valence-electron chi connectivity index (χ1n) is 12.0. The van der Waals surface area contributed by atoms with Crippen LogP contribution in [0.15, 0.2) is 54.6 Å². The van der Waals surface area contributed by atoms with E-state index in [1.807, 2.05) is 77.1 Å². The number of hydrogen-bond donors (Lipinski definition) is 3. The second-order valence-electron chi connectivity index (χ2n) is 10.1. The third-order valence-corrected chi connectivity index (χ3v) is 6.53. The lowest BCUT2D eigenvalue weighted by Crippen LogP contribution is -2.55. The van der Waals surface area contributed by atoms with Crippen molar-refractivity contribution in [2.45, 2.75) is 65.1 Å². The van der Waals surface area contributed by atoms with E-state index >= 15 is 0 Å². The Labute approximate surface area is 202 Å². The first-order chi connectivity index (χ1) is 16.1. The molecule has 182 valence electrons. The van der Waals surface area contributed by atoms with Gasteiger partial charge in [-0.2, -0.15) is 0 Å². The maximum absolute atomic E-state index is 13.3. The van der Waals surface area contributed by atoms with E-state index in [2.05, 4.69) is 10.6 Å². The fourth-order valence-electron chi connectivity index (χ4n) is 4.56. The Balaban J connectivity index is 1.73. The number of aliphatic hydroxyl groups is 1. The van der Waals surface area contributed by atoms with E-state index in [0.29, 0.717) is 12.0 Å². The van der Waals surface area contributed by atoms with Crippen LogP contribution in [0, 0.1) is 24.7 Å². The van der Waals surface area contributed by atoms with Crippen LogP contribution in [0.1, 0.15) is 61.5 Å². The van der Waals surface area contributed by atoms with E-state index in [0.717, 1.165) is 11.1 Å². The summed E-state index contributed by atoms with van der Waals surface area (Å²) in [6.45, 7) is 9.64. The summed E-state index contributed by atoms with van der Waals surface area (Å²) in [6, 6.07) is 15.3. The van der Waals surface area contributed by atoms with E-state index in [-0.39, 0.29) is 35.4 Å². The smallest absolute Gasteiger partial charge is 0.252 e. The maximum atomic E-state index is 13.3. The van der Waals surface area contributed by atoms with Gasteiger partial charge in [0.2, 0.25) is 5.91 Å². The molecule has 6 nitrogen and oxygen atoms in total. The van der Waals surface area contributed by atoms with Crippen molar-refractivity contribution in [3.63, 3.8) is 0 Å². The molecule has 1 aliphatic rings. The summed E-state index contributed by atoms with van der Waals surface area (Å²) in [5.74, 6) is -1.48. The van der Waals surface area contributed by atoms with Crippen LogP contribution in [-0.2, 0) is 9.59 Å². The fraction of sp³-hybridized carbons (Fsp3) is 0.464. The summed E-state index contributed by atoms with van der Waals surface area (Å²) >= 11 is 0. The van der Waals surface area contributed by atoms with Crippen LogP contribution in [0.25, 0.3) is 0 Å². The first-order valence-corrected chi connectivity index (χ1v) is 12.0. The summed E-state index contributed by atoms with van der Waals surface area (Å²) < 4.78 is 0. The Morgan fingerprint density at radius 1 is 0.941 bits per heavy atom. The van der Waals surface area contributed by atoms with Crippen LogP contribution in [0.2, 0.25) is 0 Å². The second-order valence-corrected chi connectivity index (χ2v) is 10.1. The van der Waals surface area contributed by atoms with Crippen LogP contribution >= 0.6 is 0 Å². The minimum absolute atomic E-state index is 0.00909. The van der Waals surface area contributed by atoms with Gasteiger partial charge in [0.05, 0.1) is 24.0 Å². The highest BCUT2D eigenvalue weighted by molar-refractivity contribution is 6.05. The van der Waals surface area contributed by atoms with Crippen molar-refractivity contribution in [2.75, 3.05) is 0 Å². The lowest BCUT2D eigenvalue weighted by atomic mass is 9.92. The average Bonchev–Trinajstić information content (AvgIpc) is 3.47. The summed E-state index contributed by atoms with van der Waals surface area (Å²) in [5, 5.41) is 16.9. The second kappa shape index (κ2) is 11.0. The third-order valence-electron chi connectivity index (χ3n) is 6.53. The number of hydrogen-bond acceptors (Lipinski definition) is 4. The molecular weight excluding hydrogens is 428 g/mol. The van der Waals surface area contributed by atoms with Crippen molar-refractivity contribution in [1.82, 2.24) is 10.6 Å². The molecule has 0 saturated heterocycles. The van der Waals surface area contributed by atoms with Crippen LogP contribution < -0.4 is 10.6 Å². The Kier molecular flexibility index (Phi) is 8.26. The minimum Gasteiger partial charge on any atom is -0.390 e. The predicted molar refractivity (Wildman–Crippen MR) is 132 cm³/mol. The highest BCUT2D eigenvalue weighted by Gasteiger charge is 2.56. The van der Waals surface area contributed by atoms with Crippen LogP contribution in [0.4, 0.5) is 0 Å². The zero-order valence-electron chi connectivity index (χ0n) is 20.6. The Bertz CT molecular complexity index is 1020. The highest BCUT2D eigenvalue weighted by atomic mass is 16.3. The SMILES string of the molecule is Cc1ccccc1C(=O)N[C@@H](CC(C)C)C(=O)N[C@@H](C(C)C)[C@@H](O)C1C(=O)C1c1ccccc1. The molecule has 2 unspecified atom stereocenters. The monoisotopic (exact) mass is 464 g/mol. The lowest BCUT2D eigenvalue weighted by Gasteiger charge is -2.30. The molecule has 0 bridgehead atoms. The zero-order valence-corrected chi connectivity index (χ0v) is 20.6. The first kappa shape index (κ1) is 25.6. The van der Waals surface area contributed by atoms with E-state index < -0.39 is 24.1 Å². The number of ketones is 1. The topological polar surface area (TPSA) is 95.5 Å². The molecule has 2 amide bonds. The molecule has 3 rings (SSSR count). The van der Waals surface area contributed by atoms with Crippen molar-refractivity contribution >= 4 is 17.6 Å². The average molecular weight is 465 g/mol. The number of carbonyl (C=O) groups is 3. The van der Waals surface area contributed by atoms with Gasteiger partial charge in [-0.05, 0) is 42.4 Å². The van der Waals surface area contributed by atoms with Gasteiger partial charge in [0.1, 0.15) is 11.8 Å². The van der Waals surface area contributed by atoms with Crippen LogP contribution in [0.5, 0.6) is 0 Å². The van der Waals surface area contributed by atoms with Gasteiger partial charge in [0.15, 0.2) is 0 Å². The normalized spacial score (nSPS) is 20.1. The Morgan fingerprint density at radius 3 is 2.15 bits per heavy atom. The number of amides is 2. The number of benzene rings is 2. The third kappa shape index (κ3) is 5.92. The number of aliphatic hydroxyl groups excluding tert-OH is 1. The minimum atomic E-state index is -1.01. The molecule has 0 aliphatic heterocycles. The van der Waals surface area contributed by atoms with Gasteiger partial charge >= 0.3 is 0 Å². The molecule has 34 heavy (non-hydrogen) atoms. The van der Waals surface area contributed by atoms with Crippen molar-refractivity contribution in [3.8, 4) is 0 Å². The molecule has 0 aromatic heterocycles. The molecule has 1 fully saturated rings. The van der Waals surface area contributed by atoms with E-state index in [1.165, 1.54) is 0 Å². The van der Waals surface area contributed by atoms with Crippen LogP contribution in [-0.4, -0.2) is 40.9 Å². The maximum Gasteiger partial charge on any atom is 0.252 e. The number of rotatable bonds is 10. The van der Waals surface area contributed by atoms with Crippen molar-refractivity contribution in [2.24, 2.45) is 17.8 Å². The molecule has 1 aliphatic carbocycles. The summed E-state index contributed by atoms with van der Waals surface area (Å²) in [6.07, 6.45) is -0.548. The fourth-order valence-corrected chi connectivity index (χ4v) is 4.56. The van der Waals surface area contributed by atoms with Gasteiger partial charge in [-0.1, -0.05) is 76.2 Å². The van der Waals surface area contributed by atoms with Crippen LogP contribution in [0.3, 0.4) is 0 Å². The molecular formula is C28H36N2O4. The van der Waals surface area contributed by atoms with E-state index in [1.54, 1.807) is 12.1 Å². The van der Waals surface area contributed by atoms with Gasteiger partial charge in [-0.25, -0.2) is 0 Å². The number of nitrogens with one attached hydrogen (secondary N) is 2. The van der Waals surface area contributed by atoms with Gasteiger partial charge < -0.3 is 15.7 Å². The summed E-state index contributed by atoms with van der Waals surface area (Å²) in [4.78, 5) is 38.8. The van der Waals surface area contributed by atoms with Gasteiger partial charge in [-0.15, -0.1) is 0 Å². The Hall–Kier alpha value is -2.99. The van der Waals surface area contributed by atoms with Crippen molar-refractivity contribution < 1.29 is 19.5 Å². The molecule has 2 aromatic rings. The molecule has 1 saturated carbocycles. The van der Waals surface area contributed by atoms with Crippen molar-refractivity contribution in [3.05, 3.63) is 71.3 Å². The predicted octanol–water partition coefficient (Wildman–Crippen LogP) is 3.62. The van der Waals surface area contributed by atoms with E-state index in [4.69, 9.17) is 0 Å². The molecule has 0 heterocycles. The summed E-state index contributed by atoms with van der Waals surface area (Å²) in [7, 11) is 0. The molecule has 0 radical (unpaired) electrons. The summed E-state index contributed by atoms with van der Waals surface area (Å²) in [5.41, 5.74) is 2.24. The molecule has 5 atom stereocenters. The Morgan fingerprint density at radius 2 is 1.56 bits per heavy atom.